The molecule has 0 bridgehead atoms. The summed E-state index contributed by atoms with van der Waals surface area (Å²) in [7, 11) is 1.39. The van der Waals surface area contributed by atoms with E-state index >= 15 is 4.39 Å². The number of aromatic carboxylic acids is 1. The van der Waals surface area contributed by atoms with Crippen LogP contribution in [0, 0.1) is 5.82 Å². The number of pyridine rings is 1. The first kappa shape index (κ1) is 21.7. The largest absolute Gasteiger partial charge is 0.492 e. The summed E-state index contributed by atoms with van der Waals surface area (Å²) in [5.74, 6) is -2.23. The molecular formula is C22H22FN5O6. The summed E-state index contributed by atoms with van der Waals surface area (Å²) >= 11 is 0. The second kappa shape index (κ2) is 8.04. The van der Waals surface area contributed by atoms with Gasteiger partial charge in [-0.3, -0.25) is 9.59 Å². The molecule has 0 spiro atoms. The molecule has 1 aromatic carbocycles. The van der Waals surface area contributed by atoms with Crippen LogP contribution in [0.2, 0.25) is 0 Å². The molecule has 2 aromatic heterocycles. The summed E-state index contributed by atoms with van der Waals surface area (Å²) < 4.78 is 27.6. The number of ether oxygens (including phenoxy) is 1. The van der Waals surface area contributed by atoms with Crippen molar-refractivity contribution in [1.82, 2.24) is 14.5 Å². The number of methoxy groups -OCH3 is 1. The minimum atomic E-state index is -1.36. The number of anilines is 2. The number of rotatable bonds is 5. The second-order valence-corrected chi connectivity index (χ2v) is 8.30. The lowest BCUT2D eigenvalue weighted by Crippen LogP contribution is -2.49. The van der Waals surface area contributed by atoms with E-state index in [-0.39, 0.29) is 40.5 Å². The molecule has 0 radical (unpaired) electrons. The molecular weight excluding hydrogens is 449 g/mol. The number of nitrogens with zero attached hydrogens (tertiary/aromatic N) is 4. The number of hydrogen-bond acceptors (Lipinski definition) is 8. The standard InChI is InChI=1S/C22H22FN5O6/c1-33-19-16-12(18(29)13(21(31)32)9-28(16)11-2-3-11)8-14(23)17(19)26-4-6-27(7-5-26)20(30)15-10-34-22(24)25-15/h8-11H,2-7H2,1H3,(H2,24,25)(H,31,32). The zero-order chi connectivity index (χ0) is 24.1. The fraction of sp³-hybridized carbons (Fsp3) is 0.364. The van der Waals surface area contributed by atoms with Gasteiger partial charge in [0.2, 0.25) is 5.43 Å². The quantitative estimate of drug-likeness (QED) is 0.568. The number of benzene rings is 1. The SMILES string of the molecule is COc1c(N2CCN(C(=O)c3coc(N)n3)CC2)c(F)cc2c(=O)c(C(=O)O)cn(C3CC3)c12. The molecule has 12 heteroatoms. The molecule has 1 aliphatic heterocycles. The van der Waals surface area contributed by atoms with Crippen molar-refractivity contribution < 1.29 is 28.2 Å². The Morgan fingerprint density at radius 2 is 1.97 bits per heavy atom. The molecule has 11 nitrogen and oxygen atoms in total. The highest BCUT2D eigenvalue weighted by molar-refractivity contribution is 5.97. The van der Waals surface area contributed by atoms with Crippen LogP contribution >= 0.6 is 0 Å². The Balaban J connectivity index is 1.53. The molecule has 2 fully saturated rings. The van der Waals surface area contributed by atoms with Crippen molar-refractivity contribution in [3.8, 4) is 5.75 Å². The van der Waals surface area contributed by atoms with Gasteiger partial charge in [-0.25, -0.2) is 9.18 Å². The molecule has 34 heavy (non-hydrogen) atoms. The fourth-order valence-corrected chi connectivity index (χ4v) is 4.41. The van der Waals surface area contributed by atoms with Gasteiger partial charge in [0, 0.05) is 38.4 Å². The zero-order valence-corrected chi connectivity index (χ0v) is 18.3. The van der Waals surface area contributed by atoms with Gasteiger partial charge in [0.05, 0.1) is 18.0 Å². The summed E-state index contributed by atoms with van der Waals surface area (Å²) in [4.78, 5) is 44.2. The van der Waals surface area contributed by atoms with Gasteiger partial charge in [-0.2, -0.15) is 4.98 Å². The Kier molecular flexibility index (Phi) is 5.14. The Morgan fingerprint density at radius 3 is 2.53 bits per heavy atom. The topological polar surface area (TPSA) is 144 Å². The lowest BCUT2D eigenvalue weighted by Gasteiger charge is -2.36. The van der Waals surface area contributed by atoms with E-state index in [1.54, 1.807) is 14.4 Å². The van der Waals surface area contributed by atoms with Gasteiger partial charge in [0.15, 0.2) is 17.3 Å². The molecule has 1 saturated carbocycles. The van der Waals surface area contributed by atoms with Crippen molar-refractivity contribution in [3.63, 3.8) is 0 Å². The van der Waals surface area contributed by atoms with Crippen LogP contribution in [0.5, 0.6) is 5.75 Å². The van der Waals surface area contributed by atoms with Crippen LogP contribution < -0.4 is 20.8 Å². The minimum Gasteiger partial charge on any atom is -0.492 e. The molecule has 3 N–H and O–H groups in total. The third-order valence-electron chi connectivity index (χ3n) is 6.20. The average molecular weight is 471 g/mol. The van der Waals surface area contributed by atoms with Crippen molar-refractivity contribution in [2.24, 2.45) is 0 Å². The lowest BCUT2D eigenvalue weighted by molar-refractivity contribution is 0.0693. The van der Waals surface area contributed by atoms with Crippen molar-refractivity contribution in [2.45, 2.75) is 18.9 Å². The maximum atomic E-state index is 15.4. The number of amides is 1. The Morgan fingerprint density at radius 1 is 1.26 bits per heavy atom. The molecule has 178 valence electrons. The number of hydrogen-bond donors (Lipinski definition) is 2. The number of carboxylic acids is 1. The maximum absolute atomic E-state index is 15.4. The lowest BCUT2D eigenvalue weighted by atomic mass is 10.1. The van der Waals surface area contributed by atoms with E-state index in [4.69, 9.17) is 14.9 Å². The number of oxazole rings is 1. The van der Waals surface area contributed by atoms with E-state index in [9.17, 15) is 19.5 Å². The number of carbonyl (C=O) groups excluding carboxylic acids is 1. The third-order valence-corrected chi connectivity index (χ3v) is 6.20. The van der Waals surface area contributed by atoms with Crippen LogP contribution in [0.15, 0.2) is 27.7 Å². The van der Waals surface area contributed by atoms with Gasteiger partial charge in [0.25, 0.3) is 11.9 Å². The van der Waals surface area contributed by atoms with Gasteiger partial charge in [-0.15, -0.1) is 0 Å². The first-order valence-electron chi connectivity index (χ1n) is 10.7. The van der Waals surface area contributed by atoms with Gasteiger partial charge < -0.3 is 34.4 Å². The number of halogens is 1. The highest BCUT2D eigenvalue weighted by Gasteiger charge is 2.33. The predicted molar refractivity (Wildman–Crippen MR) is 119 cm³/mol. The van der Waals surface area contributed by atoms with Gasteiger partial charge in [0.1, 0.15) is 17.5 Å². The second-order valence-electron chi connectivity index (χ2n) is 8.30. The highest BCUT2D eigenvalue weighted by atomic mass is 19.1. The summed E-state index contributed by atoms with van der Waals surface area (Å²) in [5.41, 5.74) is 4.92. The Hall–Kier alpha value is -4.09. The molecule has 0 atom stereocenters. The molecule has 1 aliphatic carbocycles. The molecule has 1 saturated heterocycles. The number of nitrogens with two attached hydrogens (primary N) is 1. The van der Waals surface area contributed by atoms with E-state index in [0.29, 0.717) is 31.7 Å². The van der Waals surface area contributed by atoms with Crippen LogP contribution in [-0.2, 0) is 0 Å². The van der Waals surface area contributed by atoms with Crippen molar-refractivity contribution >= 4 is 34.5 Å². The van der Waals surface area contributed by atoms with Gasteiger partial charge in [-0.05, 0) is 18.9 Å². The predicted octanol–water partition coefficient (Wildman–Crippen LogP) is 1.71. The highest BCUT2D eigenvalue weighted by Crippen LogP contribution is 2.43. The first-order valence-corrected chi connectivity index (χ1v) is 10.7. The average Bonchev–Trinajstić information content (AvgIpc) is 3.58. The van der Waals surface area contributed by atoms with E-state index in [1.807, 2.05) is 0 Å². The van der Waals surface area contributed by atoms with Crippen LogP contribution in [-0.4, -0.2) is 64.7 Å². The van der Waals surface area contributed by atoms with Crippen molar-refractivity contribution in [2.75, 3.05) is 43.9 Å². The number of carbonyl (C=O) groups is 2. The third kappa shape index (κ3) is 3.51. The summed E-state index contributed by atoms with van der Waals surface area (Å²) in [6.45, 7) is 1.19. The maximum Gasteiger partial charge on any atom is 0.341 e. The smallest absolute Gasteiger partial charge is 0.341 e. The van der Waals surface area contributed by atoms with E-state index < -0.39 is 22.8 Å². The number of aromatic nitrogens is 2. The van der Waals surface area contributed by atoms with Crippen LogP contribution in [0.3, 0.4) is 0 Å². The molecule has 5 rings (SSSR count). The summed E-state index contributed by atoms with van der Waals surface area (Å²) in [6, 6.07) is 0.992. The summed E-state index contributed by atoms with van der Waals surface area (Å²) in [6.07, 6.45) is 4.15. The fourth-order valence-electron chi connectivity index (χ4n) is 4.41. The number of piperazine rings is 1. The van der Waals surface area contributed by atoms with Gasteiger partial charge >= 0.3 is 5.97 Å². The molecule has 0 unspecified atom stereocenters. The van der Waals surface area contributed by atoms with Crippen LogP contribution in [0.4, 0.5) is 16.1 Å². The van der Waals surface area contributed by atoms with Crippen LogP contribution in [0.25, 0.3) is 10.9 Å². The molecule has 3 aromatic rings. The van der Waals surface area contributed by atoms with E-state index in [0.717, 1.165) is 18.9 Å². The molecule has 1 amide bonds. The normalized spacial score (nSPS) is 16.2. The number of nitrogen functional groups attached to an aromatic ring is 1. The molecule has 3 heterocycles. The molecule has 2 aliphatic rings. The minimum absolute atomic E-state index is 0.0118. The van der Waals surface area contributed by atoms with Crippen molar-refractivity contribution in [1.29, 1.82) is 0 Å². The first-order chi connectivity index (χ1) is 16.3. The monoisotopic (exact) mass is 471 g/mol. The Bertz CT molecular complexity index is 1370. The van der Waals surface area contributed by atoms with Crippen LogP contribution in [0.1, 0.15) is 39.7 Å². The summed E-state index contributed by atoms with van der Waals surface area (Å²) in [5, 5.41) is 9.42. The number of fused-ring (bicyclic) bond motifs is 1. The van der Waals surface area contributed by atoms with Crippen molar-refractivity contribution in [3.05, 3.63) is 45.8 Å². The zero-order valence-electron chi connectivity index (χ0n) is 18.3. The number of carboxylic acid groups (broad SMARTS) is 1. The van der Waals surface area contributed by atoms with E-state index in [2.05, 4.69) is 4.98 Å². The van der Waals surface area contributed by atoms with E-state index in [1.165, 1.54) is 19.6 Å². The Labute approximate surface area is 192 Å². The van der Waals surface area contributed by atoms with Gasteiger partial charge in [-0.1, -0.05) is 0 Å².